The molecule has 5 heteroatoms. The van der Waals surface area contributed by atoms with E-state index in [9.17, 15) is 4.79 Å². The first-order valence-electron chi connectivity index (χ1n) is 5.32. The Balaban J connectivity index is 2.14. The molecule has 1 heterocycles. The molecular weight excluding hydrogens is 252 g/mol. The van der Waals surface area contributed by atoms with E-state index in [4.69, 9.17) is 16.7 Å². The lowest BCUT2D eigenvalue weighted by Gasteiger charge is -2.09. The van der Waals surface area contributed by atoms with Crippen LogP contribution in [0.25, 0.3) is 0 Å². The second-order valence-electron chi connectivity index (χ2n) is 3.71. The smallest absolute Gasteiger partial charge is 0.335 e. The average Bonchev–Trinajstić information content (AvgIpc) is 2.38. The molecule has 0 amide bonds. The maximum atomic E-state index is 10.9. The van der Waals surface area contributed by atoms with Crippen molar-refractivity contribution in [2.75, 3.05) is 5.32 Å². The quantitative estimate of drug-likeness (QED) is 0.889. The van der Waals surface area contributed by atoms with E-state index in [1.54, 1.807) is 18.5 Å². The van der Waals surface area contributed by atoms with Crippen LogP contribution >= 0.6 is 11.6 Å². The molecule has 1 aromatic heterocycles. The van der Waals surface area contributed by atoms with Crippen LogP contribution in [0.5, 0.6) is 0 Å². The summed E-state index contributed by atoms with van der Waals surface area (Å²) >= 11 is 6.00. The standard InChI is InChI=1S/C13H11ClN2O2/c14-11-2-1-10(13(17)18)7-12(11)16-8-9-3-5-15-6-4-9/h1-7,16H,8H2,(H,17,18). The van der Waals surface area contributed by atoms with Crippen LogP contribution in [-0.4, -0.2) is 16.1 Å². The van der Waals surface area contributed by atoms with Crippen molar-refractivity contribution in [3.8, 4) is 0 Å². The summed E-state index contributed by atoms with van der Waals surface area (Å²) in [5, 5.41) is 12.5. The van der Waals surface area contributed by atoms with Gasteiger partial charge in [0.15, 0.2) is 0 Å². The third-order valence-corrected chi connectivity index (χ3v) is 2.78. The number of aromatic nitrogens is 1. The van der Waals surface area contributed by atoms with Gasteiger partial charge in [-0.2, -0.15) is 0 Å². The van der Waals surface area contributed by atoms with Crippen LogP contribution in [-0.2, 0) is 6.54 Å². The minimum atomic E-state index is -0.973. The van der Waals surface area contributed by atoms with Gasteiger partial charge in [-0.1, -0.05) is 11.6 Å². The van der Waals surface area contributed by atoms with Crippen LogP contribution in [0.3, 0.4) is 0 Å². The number of aromatic carboxylic acids is 1. The summed E-state index contributed by atoms with van der Waals surface area (Å²) < 4.78 is 0. The molecule has 0 aliphatic carbocycles. The molecule has 1 aromatic carbocycles. The fourth-order valence-corrected chi connectivity index (χ4v) is 1.68. The molecule has 4 nitrogen and oxygen atoms in total. The van der Waals surface area contributed by atoms with E-state index in [-0.39, 0.29) is 5.56 Å². The zero-order chi connectivity index (χ0) is 13.0. The molecule has 2 rings (SSSR count). The Kier molecular flexibility index (Phi) is 3.79. The molecule has 2 N–H and O–H groups in total. The van der Waals surface area contributed by atoms with Gasteiger partial charge in [-0.3, -0.25) is 4.98 Å². The van der Waals surface area contributed by atoms with Crippen molar-refractivity contribution in [2.45, 2.75) is 6.54 Å². The van der Waals surface area contributed by atoms with Crippen molar-refractivity contribution in [3.05, 3.63) is 58.9 Å². The van der Waals surface area contributed by atoms with Crippen LogP contribution in [0.15, 0.2) is 42.7 Å². The highest BCUT2D eigenvalue weighted by Crippen LogP contribution is 2.23. The molecule has 92 valence electrons. The van der Waals surface area contributed by atoms with Crippen molar-refractivity contribution in [2.24, 2.45) is 0 Å². The second kappa shape index (κ2) is 5.51. The van der Waals surface area contributed by atoms with Gasteiger partial charge in [-0.05, 0) is 35.9 Å². The predicted molar refractivity (Wildman–Crippen MR) is 70.0 cm³/mol. The largest absolute Gasteiger partial charge is 0.478 e. The molecule has 0 saturated heterocycles. The summed E-state index contributed by atoms with van der Waals surface area (Å²) in [7, 11) is 0. The first kappa shape index (κ1) is 12.4. The molecule has 0 unspecified atom stereocenters. The van der Waals surface area contributed by atoms with Gasteiger partial charge >= 0.3 is 5.97 Å². The SMILES string of the molecule is O=C(O)c1ccc(Cl)c(NCc2ccncc2)c1. The molecule has 0 aliphatic heterocycles. The van der Waals surface area contributed by atoms with Crippen LogP contribution in [0, 0.1) is 0 Å². The van der Waals surface area contributed by atoms with E-state index in [2.05, 4.69) is 10.3 Å². The van der Waals surface area contributed by atoms with Crippen molar-refractivity contribution >= 4 is 23.3 Å². The lowest BCUT2D eigenvalue weighted by molar-refractivity contribution is 0.0697. The van der Waals surface area contributed by atoms with E-state index in [1.165, 1.54) is 12.1 Å². The van der Waals surface area contributed by atoms with Gasteiger partial charge in [0.1, 0.15) is 0 Å². The first-order valence-corrected chi connectivity index (χ1v) is 5.70. The number of benzene rings is 1. The maximum Gasteiger partial charge on any atom is 0.335 e. The lowest BCUT2D eigenvalue weighted by atomic mass is 10.2. The minimum absolute atomic E-state index is 0.205. The predicted octanol–water partition coefficient (Wildman–Crippen LogP) is 3.05. The third kappa shape index (κ3) is 2.99. The summed E-state index contributed by atoms with van der Waals surface area (Å²) in [6.45, 7) is 0.561. The highest BCUT2D eigenvalue weighted by atomic mass is 35.5. The molecule has 2 aromatic rings. The minimum Gasteiger partial charge on any atom is -0.478 e. The Labute approximate surface area is 109 Å². The van der Waals surface area contributed by atoms with Crippen molar-refractivity contribution in [1.82, 2.24) is 4.98 Å². The fraction of sp³-hybridized carbons (Fsp3) is 0.0769. The third-order valence-electron chi connectivity index (χ3n) is 2.45. The van der Waals surface area contributed by atoms with E-state index >= 15 is 0 Å². The highest BCUT2D eigenvalue weighted by molar-refractivity contribution is 6.33. The monoisotopic (exact) mass is 262 g/mol. The van der Waals surface area contributed by atoms with Crippen LogP contribution in [0.2, 0.25) is 5.02 Å². The zero-order valence-electron chi connectivity index (χ0n) is 9.43. The van der Waals surface area contributed by atoms with E-state index in [0.29, 0.717) is 17.3 Å². The Morgan fingerprint density at radius 1 is 1.28 bits per heavy atom. The first-order chi connectivity index (χ1) is 8.66. The normalized spacial score (nSPS) is 10.1. The topological polar surface area (TPSA) is 62.2 Å². The summed E-state index contributed by atoms with van der Waals surface area (Å²) in [5.41, 5.74) is 1.85. The summed E-state index contributed by atoms with van der Waals surface area (Å²) in [5.74, 6) is -0.973. The van der Waals surface area contributed by atoms with Gasteiger partial charge in [0, 0.05) is 18.9 Å². The van der Waals surface area contributed by atoms with E-state index < -0.39 is 5.97 Å². The molecule has 18 heavy (non-hydrogen) atoms. The van der Waals surface area contributed by atoms with Crippen LogP contribution in [0.1, 0.15) is 15.9 Å². The second-order valence-corrected chi connectivity index (χ2v) is 4.12. The summed E-state index contributed by atoms with van der Waals surface area (Å²) in [6, 6.07) is 8.32. The number of carboxylic acids is 1. The van der Waals surface area contributed by atoms with E-state index in [1.807, 2.05) is 12.1 Å². The Bertz CT molecular complexity index is 558. The number of carboxylic acid groups (broad SMARTS) is 1. The van der Waals surface area contributed by atoms with Gasteiger partial charge in [0.2, 0.25) is 0 Å². The van der Waals surface area contributed by atoms with Gasteiger partial charge in [-0.25, -0.2) is 4.79 Å². The number of nitrogens with one attached hydrogen (secondary N) is 1. The molecular formula is C13H11ClN2O2. The number of rotatable bonds is 4. The Morgan fingerprint density at radius 2 is 2.00 bits per heavy atom. The Hall–Kier alpha value is -2.07. The number of carbonyl (C=O) groups is 1. The molecule has 0 aliphatic rings. The molecule has 0 spiro atoms. The molecule has 0 fully saturated rings. The number of nitrogens with zero attached hydrogens (tertiary/aromatic N) is 1. The average molecular weight is 263 g/mol. The van der Waals surface area contributed by atoms with Gasteiger partial charge in [-0.15, -0.1) is 0 Å². The fourth-order valence-electron chi connectivity index (χ4n) is 1.49. The molecule has 0 bridgehead atoms. The summed E-state index contributed by atoms with van der Waals surface area (Å²) in [6.07, 6.45) is 3.40. The van der Waals surface area contributed by atoms with Crippen LogP contribution in [0.4, 0.5) is 5.69 Å². The lowest BCUT2D eigenvalue weighted by Crippen LogP contribution is -2.02. The van der Waals surface area contributed by atoms with Gasteiger partial charge < -0.3 is 10.4 Å². The maximum absolute atomic E-state index is 10.9. The summed E-state index contributed by atoms with van der Waals surface area (Å²) in [4.78, 5) is 14.8. The van der Waals surface area contributed by atoms with Gasteiger partial charge in [0.25, 0.3) is 0 Å². The van der Waals surface area contributed by atoms with Crippen molar-refractivity contribution < 1.29 is 9.90 Å². The molecule has 0 atom stereocenters. The number of halogens is 1. The zero-order valence-corrected chi connectivity index (χ0v) is 10.2. The van der Waals surface area contributed by atoms with E-state index in [0.717, 1.165) is 5.56 Å². The molecule has 0 radical (unpaired) electrons. The van der Waals surface area contributed by atoms with Crippen LogP contribution < -0.4 is 5.32 Å². The van der Waals surface area contributed by atoms with Gasteiger partial charge in [0.05, 0.1) is 16.3 Å². The molecule has 0 saturated carbocycles. The number of pyridine rings is 1. The van der Waals surface area contributed by atoms with Crippen molar-refractivity contribution in [1.29, 1.82) is 0 Å². The highest BCUT2D eigenvalue weighted by Gasteiger charge is 2.06. The Morgan fingerprint density at radius 3 is 2.67 bits per heavy atom. The number of hydrogen-bond donors (Lipinski definition) is 2. The number of anilines is 1. The number of hydrogen-bond acceptors (Lipinski definition) is 3. The van der Waals surface area contributed by atoms with Crippen molar-refractivity contribution in [3.63, 3.8) is 0 Å².